The largest absolute Gasteiger partial charge is 0.332 e. The van der Waals surface area contributed by atoms with E-state index < -0.39 is 15.4 Å². The number of hydrogen-bond acceptors (Lipinski definition) is 3. The number of sulfone groups is 1. The molecule has 0 radical (unpaired) electrons. The number of carbonyl (C=O) groups excluding carboxylic acids is 1. The minimum atomic E-state index is -3.00. The summed E-state index contributed by atoms with van der Waals surface area (Å²) in [6, 6.07) is -0.152. The summed E-state index contributed by atoms with van der Waals surface area (Å²) >= 11 is 0. The summed E-state index contributed by atoms with van der Waals surface area (Å²) in [5.41, 5.74) is -0.612. The molecule has 1 N–H and O–H groups in total. The van der Waals surface area contributed by atoms with Crippen LogP contribution in [0.3, 0.4) is 0 Å². The van der Waals surface area contributed by atoms with Crippen LogP contribution in [-0.4, -0.2) is 50.0 Å². The van der Waals surface area contributed by atoms with Gasteiger partial charge in [0.15, 0.2) is 9.84 Å². The van der Waals surface area contributed by atoms with E-state index >= 15 is 0 Å². The Labute approximate surface area is 193 Å². The van der Waals surface area contributed by atoms with Crippen molar-refractivity contribution in [2.24, 2.45) is 0 Å². The molecule has 184 valence electrons. The van der Waals surface area contributed by atoms with Gasteiger partial charge < -0.3 is 10.2 Å². The second-order valence-corrected chi connectivity index (χ2v) is 12.2. The molecule has 2 amide bonds. The first kappa shape index (κ1) is 28.3. The highest BCUT2D eigenvalue weighted by atomic mass is 32.2. The van der Waals surface area contributed by atoms with E-state index in [1.807, 2.05) is 6.92 Å². The molecule has 5 nitrogen and oxygen atoms in total. The Morgan fingerprint density at radius 2 is 1.23 bits per heavy atom. The molecule has 1 aliphatic heterocycles. The zero-order chi connectivity index (χ0) is 23.0. The monoisotopic (exact) mass is 458 g/mol. The number of carbonyl (C=O) groups is 1. The number of amides is 2. The molecule has 6 heteroatoms. The fourth-order valence-electron chi connectivity index (χ4n) is 4.46. The number of nitrogens with one attached hydrogen (secondary N) is 1. The fraction of sp³-hybridized carbons (Fsp3) is 0.960. The first-order valence-electron chi connectivity index (χ1n) is 13.0. The van der Waals surface area contributed by atoms with Gasteiger partial charge in [-0.15, -0.1) is 0 Å². The zero-order valence-electron chi connectivity index (χ0n) is 20.7. The van der Waals surface area contributed by atoms with Gasteiger partial charge >= 0.3 is 6.03 Å². The molecule has 1 fully saturated rings. The van der Waals surface area contributed by atoms with Crippen LogP contribution in [0.25, 0.3) is 0 Å². The number of rotatable bonds is 18. The van der Waals surface area contributed by atoms with Crippen molar-refractivity contribution < 1.29 is 13.2 Å². The molecule has 1 heterocycles. The Hall–Kier alpha value is -0.780. The van der Waals surface area contributed by atoms with Crippen LogP contribution in [-0.2, 0) is 9.84 Å². The molecular formula is C25H50N2O3S. The Bertz CT molecular complexity index is 579. The van der Waals surface area contributed by atoms with Gasteiger partial charge in [0.2, 0.25) is 0 Å². The molecule has 0 spiro atoms. The predicted molar refractivity (Wildman–Crippen MR) is 132 cm³/mol. The highest BCUT2D eigenvalue weighted by Gasteiger charge is 2.39. The van der Waals surface area contributed by atoms with Crippen molar-refractivity contribution in [2.45, 2.75) is 129 Å². The van der Waals surface area contributed by atoms with E-state index in [9.17, 15) is 13.2 Å². The lowest BCUT2D eigenvalue weighted by Crippen LogP contribution is -2.51. The first-order valence-corrected chi connectivity index (χ1v) is 14.8. The van der Waals surface area contributed by atoms with Gasteiger partial charge in [-0.2, -0.15) is 0 Å². The van der Waals surface area contributed by atoms with Crippen LogP contribution in [0.5, 0.6) is 0 Å². The van der Waals surface area contributed by atoms with Crippen LogP contribution in [0, 0.1) is 0 Å². The van der Waals surface area contributed by atoms with Crippen LogP contribution in [0.4, 0.5) is 4.79 Å². The second-order valence-electron chi connectivity index (χ2n) is 10.1. The summed E-state index contributed by atoms with van der Waals surface area (Å²) in [5, 5.41) is 2.92. The summed E-state index contributed by atoms with van der Waals surface area (Å²) in [7, 11) is -1.20. The van der Waals surface area contributed by atoms with Crippen LogP contribution in [0.2, 0.25) is 0 Å². The quantitative estimate of drug-likeness (QED) is 0.239. The van der Waals surface area contributed by atoms with Gasteiger partial charge in [-0.1, -0.05) is 103 Å². The molecule has 0 aromatic carbocycles. The molecule has 31 heavy (non-hydrogen) atoms. The van der Waals surface area contributed by atoms with Gasteiger partial charge in [0, 0.05) is 13.6 Å². The maximum absolute atomic E-state index is 12.3. The normalized spacial score (nSPS) is 20.1. The Kier molecular flexibility index (Phi) is 14.5. The first-order chi connectivity index (χ1) is 14.8. The molecule has 1 saturated heterocycles. The van der Waals surface area contributed by atoms with Crippen molar-refractivity contribution in [3.8, 4) is 0 Å². The number of hydrogen-bond donors (Lipinski definition) is 1. The molecular weight excluding hydrogens is 408 g/mol. The summed E-state index contributed by atoms with van der Waals surface area (Å²) in [6.45, 7) is 4.83. The van der Waals surface area contributed by atoms with Crippen molar-refractivity contribution in [3.63, 3.8) is 0 Å². The van der Waals surface area contributed by atoms with E-state index in [1.54, 1.807) is 11.9 Å². The lowest BCUT2D eigenvalue weighted by molar-refractivity contribution is 0.197. The topological polar surface area (TPSA) is 66.5 Å². The molecule has 0 bridgehead atoms. The van der Waals surface area contributed by atoms with E-state index in [0.717, 1.165) is 19.4 Å². The molecule has 1 aliphatic rings. The van der Waals surface area contributed by atoms with Gasteiger partial charge in [0.1, 0.15) is 0 Å². The van der Waals surface area contributed by atoms with E-state index in [2.05, 4.69) is 12.2 Å². The SMILES string of the molecule is CCCCCCCCCCCCCCCCCCN(C)C(=O)NC1(C)CCS(=O)(=O)C1. The van der Waals surface area contributed by atoms with Gasteiger partial charge in [-0.3, -0.25) is 0 Å². The predicted octanol–water partition coefficient (Wildman–Crippen LogP) is 6.47. The van der Waals surface area contributed by atoms with Gasteiger partial charge in [0.05, 0.1) is 17.0 Å². The van der Waals surface area contributed by atoms with Crippen LogP contribution >= 0.6 is 0 Å². The van der Waals surface area contributed by atoms with E-state index in [-0.39, 0.29) is 17.5 Å². The lowest BCUT2D eigenvalue weighted by atomic mass is 10.0. The Morgan fingerprint density at radius 3 is 1.61 bits per heavy atom. The van der Waals surface area contributed by atoms with Crippen molar-refractivity contribution in [2.75, 3.05) is 25.1 Å². The summed E-state index contributed by atoms with van der Waals surface area (Å²) in [5.74, 6) is 0.227. The Morgan fingerprint density at radius 1 is 0.806 bits per heavy atom. The minimum absolute atomic E-state index is 0.0542. The highest BCUT2D eigenvalue weighted by Crippen LogP contribution is 2.23. The molecule has 1 unspecified atom stereocenters. The van der Waals surface area contributed by atoms with Crippen LogP contribution in [0.15, 0.2) is 0 Å². The number of urea groups is 1. The van der Waals surface area contributed by atoms with Crippen LogP contribution in [0.1, 0.15) is 123 Å². The Balaban J connectivity index is 1.89. The van der Waals surface area contributed by atoms with Crippen molar-refractivity contribution in [3.05, 3.63) is 0 Å². The molecule has 1 rings (SSSR count). The lowest BCUT2D eigenvalue weighted by Gasteiger charge is -2.27. The maximum atomic E-state index is 12.3. The third kappa shape index (κ3) is 14.1. The third-order valence-corrected chi connectivity index (χ3v) is 8.51. The smallest absolute Gasteiger partial charge is 0.317 e. The zero-order valence-corrected chi connectivity index (χ0v) is 21.5. The fourth-order valence-corrected chi connectivity index (χ4v) is 6.55. The average Bonchev–Trinajstić information content (AvgIpc) is 2.99. The third-order valence-electron chi connectivity index (χ3n) is 6.61. The molecule has 0 aromatic rings. The minimum Gasteiger partial charge on any atom is -0.332 e. The highest BCUT2D eigenvalue weighted by molar-refractivity contribution is 7.91. The van der Waals surface area contributed by atoms with E-state index in [4.69, 9.17) is 0 Å². The standard InChI is InChI=1S/C25H50N2O3S/c1-4-5-6-7-8-9-10-11-12-13-14-15-16-17-18-19-21-27(3)24(28)26-25(2)20-22-31(29,30)23-25/h4-23H2,1-3H3,(H,26,28). The van der Waals surface area contributed by atoms with Crippen molar-refractivity contribution >= 4 is 15.9 Å². The number of unbranched alkanes of at least 4 members (excludes halogenated alkanes) is 15. The van der Waals surface area contributed by atoms with Crippen molar-refractivity contribution in [1.82, 2.24) is 10.2 Å². The van der Waals surface area contributed by atoms with E-state index in [1.165, 1.54) is 89.9 Å². The summed E-state index contributed by atoms with van der Waals surface area (Å²) < 4.78 is 23.3. The molecule has 0 saturated carbocycles. The molecule has 0 aromatic heterocycles. The number of nitrogens with zero attached hydrogens (tertiary/aromatic N) is 1. The van der Waals surface area contributed by atoms with Gasteiger partial charge in [-0.05, 0) is 19.8 Å². The van der Waals surface area contributed by atoms with Gasteiger partial charge in [0.25, 0.3) is 0 Å². The van der Waals surface area contributed by atoms with Crippen molar-refractivity contribution in [1.29, 1.82) is 0 Å². The van der Waals surface area contributed by atoms with E-state index in [0.29, 0.717) is 6.42 Å². The average molecular weight is 459 g/mol. The summed E-state index contributed by atoms with van der Waals surface area (Å²) in [6.07, 6.45) is 22.0. The van der Waals surface area contributed by atoms with Crippen LogP contribution < -0.4 is 5.32 Å². The molecule has 1 atom stereocenters. The molecule has 0 aliphatic carbocycles. The van der Waals surface area contributed by atoms with Gasteiger partial charge in [-0.25, -0.2) is 13.2 Å². The maximum Gasteiger partial charge on any atom is 0.317 e. The summed E-state index contributed by atoms with van der Waals surface area (Å²) in [4.78, 5) is 14.0. The second kappa shape index (κ2) is 15.9.